The van der Waals surface area contributed by atoms with Gasteiger partial charge in [0.1, 0.15) is 54.6 Å². The highest BCUT2D eigenvalue weighted by Crippen LogP contribution is 2.46. The van der Waals surface area contributed by atoms with Crippen LogP contribution < -0.4 is 81.0 Å². The van der Waals surface area contributed by atoms with Crippen molar-refractivity contribution in [2.24, 2.45) is 34.6 Å². The topological polar surface area (TPSA) is 574 Å². The molecule has 0 aromatic heterocycles. The smallest absolute Gasteiger partial charge is 0.481 e. The Kier molecular flexibility index (Phi) is 30.1. The number of hydrogen-bond donors (Lipinski definition) is 20. The number of primary amides is 2. The third-order valence-corrected chi connectivity index (χ3v) is 12.4. The summed E-state index contributed by atoms with van der Waals surface area (Å²) in [6.07, 6.45) is -4.60. The predicted octanol–water partition coefficient (Wildman–Crippen LogP) is -6.96. The molecule has 2 rings (SSSR count). The lowest BCUT2D eigenvalue weighted by molar-refractivity contribution is -0.142. The molecule has 0 bridgehead atoms. The van der Waals surface area contributed by atoms with Gasteiger partial charge in [-0.1, -0.05) is 56.3 Å². The van der Waals surface area contributed by atoms with Gasteiger partial charge in [0, 0.05) is 25.7 Å². The summed E-state index contributed by atoms with van der Waals surface area (Å²) in [5.74, 6) is -15.0. The monoisotopic (exact) mass is 1200 g/mol. The van der Waals surface area contributed by atoms with Crippen molar-refractivity contribution in [3.63, 3.8) is 0 Å². The third-order valence-electron chi connectivity index (χ3n) is 12.0. The average molecular weight is 1200 g/mol. The van der Waals surface area contributed by atoms with Gasteiger partial charge >= 0.3 is 20.1 Å². The Labute approximate surface area is 476 Å². The maximum atomic E-state index is 14.2. The zero-order chi connectivity index (χ0) is 62.7. The van der Waals surface area contributed by atoms with Gasteiger partial charge < -0.3 is 86.5 Å². The summed E-state index contributed by atoms with van der Waals surface area (Å²) in [7, 11) is -4.79. The van der Waals surface area contributed by atoms with E-state index in [1.807, 2.05) is 0 Å². The van der Waals surface area contributed by atoms with Gasteiger partial charge in [0.15, 0.2) is 5.75 Å². The summed E-state index contributed by atoms with van der Waals surface area (Å²) in [5.41, 5.74) is 28.3. The number of amides is 10. The molecule has 83 heavy (non-hydrogen) atoms. The first-order chi connectivity index (χ1) is 38.8. The van der Waals surface area contributed by atoms with Crippen LogP contribution in [-0.4, -0.2) is 175 Å². The number of nitrogens with two attached hydrogens (primary N) is 5. The standard InChI is InChI=1S/C49H75N14O19P/c1-24(2)39(63-40(69)25(3)56-41(70)29(50)10-7-19-55-49(53)54)47(76)58-31(16-18-38(67)68)43(72)60-33(22-37(52)66)45(74)57-30(15-17-36(51)65)42(71)59-32(20-27-11-13-28(14-12-27)82-83(79,80)81)44(73)62-35(23-64)46(75)61-34(48(77)78)21-26-8-5-4-6-9-26/h4-6,8-9,11-14,24-25,29-35,39,49,55,64,79-81H,7,10,15-23,50,53-54H2,1-3H3,(H13-,51,52,56,57,58,59,60,61,62,63,65,66,67,68,69,70,71,72,73,74,75,76,77,78)/p+1/t25-,29-,30-,31-,32-,33-,34-,35-,39-/m0/s1. The highest BCUT2D eigenvalue weighted by Gasteiger charge is 2.37. The van der Waals surface area contributed by atoms with Crippen molar-refractivity contribution in [3.05, 3.63) is 65.7 Å². The number of benzene rings is 2. The fourth-order valence-electron chi connectivity index (χ4n) is 7.56. The van der Waals surface area contributed by atoms with E-state index in [2.05, 4.69) is 52.4 Å². The molecular weight excluding hydrogens is 1120 g/mol. The number of hydrogen-bond acceptors (Lipinski definition) is 21. The van der Waals surface area contributed by atoms with Crippen LogP contribution in [0.1, 0.15) is 76.8 Å². The molecule has 0 saturated carbocycles. The van der Waals surface area contributed by atoms with E-state index in [1.165, 1.54) is 32.9 Å². The molecule has 0 spiro atoms. The molecule has 0 saturated heterocycles. The molecule has 34 heteroatoms. The second-order valence-electron chi connectivity index (χ2n) is 19.3. The largest absolute Gasteiger partial charge is 0.613 e. The Balaban J connectivity index is 2.45. The van der Waals surface area contributed by atoms with E-state index in [9.17, 15) is 87.5 Å². The van der Waals surface area contributed by atoms with E-state index < -0.39 is 191 Å². The van der Waals surface area contributed by atoms with Crippen LogP contribution in [0.25, 0.3) is 0 Å². The number of carboxylic acid groups (broad SMARTS) is 2. The summed E-state index contributed by atoms with van der Waals surface area (Å²) in [6, 6.07) is -1.81. The quantitative estimate of drug-likeness (QED) is 0.0169. The molecule has 460 valence electrons. The Morgan fingerprint density at radius 3 is 1.53 bits per heavy atom. The molecule has 0 heterocycles. The highest BCUT2D eigenvalue weighted by molar-refractivity contribution is 7.53. The number of carbonyl (C=O) groups excluding carboxylic acids is 10. The summed E-state index contributed by atoms with van der Waals surface area (Å²) in [4.78, 5) is 186. The van der Waals surface area contributed by atoms with Crippen LogP contribution in [-0.2, 0) is 70.4 Å². The van der Waals surface area contributed by atoms with Crippen LogP contribution in [0.5, 0.6) is 5.75 Å². The first kappa shape index (κ1) is 71.1. The molecule has 0 radical (unpaired) electrons. The van der Waals surface area contributed by atoms with Gasteiger partial charge in [0.05, 0.1) is 19.1 Å². The molecule has 0 aliphatic carbocycles. The van der Waals surface area contributed by atoms with Crippen LogP contribution in [0, 0.1) is 5.92 Å². The molecule has 25 N–H and O–H groups in total. The zero-order valence-corrected chi connectivity index (χ0v) is 46.5. The lowest BCUT2D eigenvalue weighted by atomic mass is 10.0. The second kappa shape index (κ2) is 35.1. The number of carbonyl (C=O) groups is 12. The molecule has 9 atom stereocenters. The average Bonchev–Trinajstić information content (AvgIpc) is 3.47. The molecule has 0 unspecified atom stereocenters. The number of rotatable bonds is 38. The molecule has 0 aliphatic heterocycles. The van der Waals surface area contributed by atoms with Crippen molar-refractivity contribution in [2.45, 2.75) is 139 Å². The number of nitrogens with one attached hydrogen (secondary N) is 9. The zero-order valence-electron chi connectivity index (χ0n) is 45.6. The fraction of sp³-hybridized carbons (Fsp3) is 0.510. The second-order valence-corrected chi connectivity index (χ2v) is 20.5. The first-order valence-corrected chi connectivity index (χ1v) is 27.3. The van der Waals surface area contributed by atoms with Gasteiger partial charge in [-0.15, -0.1) is 0 Å². The van der Waals surface area contributed by atoms with Gasteiger partial charge in [0.25, 0.3) is 0 Å². The van der Waals surface area contributed by atoms with Crippen molar-refractivity contribution >= 4 is 79.2 Å². The molecule has 2 aromatic carbocycles. The van der Waals surface area contributed by atoms with Crippen LogP contribution in [0.3, 0.4) is 0 Å². The minimum atomic E-state index is -4.79. The maximum Gasteiger partial charge on any atom is 0.613 e. The van der Waals surface area contributed by atoms with Crippen molar-refractivity contribution in [1.82, 2.24) is 47.9 Å². The van der Waals surface area contributed by atoms with Crippen LogP contribution >= 0.6 is 8.17 Å². The Morgan fingerprint density at radius 1 is 0.530 bits per heavy atom. The van der Waals surface area contributed by atoms with Crippen molar-refractivity contribution < 1.29 is 92.1 Å². The van der Waals surface area contributed by atoms with E-state index in [0.29, 0.717) is 18.5 Å². The summed E-state index contributed by atoms with van der Waals surface area (Å²) in [5, 5.41) is 50.8. The minimum absolute atomic E-state index is 0.164. The van der Waals surface area contributed by atoms with Crippen molar-refractivity contribution in [3.8, 4) is 5.75 Å². The van der Waals surface area contributed by atoms with E-state index >= 15 is 0 Å². The molecule has 0 fully saturated rings. The van der Waals surface area contributed by atoms with Gasteiger partial charge in [-0.25, -0.2) is 4.79 Å². The van der Waals surface area contributed by atoms with Crippen molar-refractivity contribution in [2.75, 3.05) is 13.2 Å². The fourth-order valence-corrected chi connectivity index (χ4v) is 7.97. The number of aliphatic hydroxyl groups excluding tert-OH is 1. The summed E-state index contributed by atoms with van der Waals surface area (Å²) < 4.78 is 4.66. The van der Waals surface area contributed by atoms with Crippen LogP contribution in [0.4, 0.5) is 0 Å². The van der Waals surface area contributed by atoms with E-state index in [0.717, 1.165) is 12.1 Å². The number of aliphatic hydroxyl groups is 1. The Morgan fingerprint density at radius 2 is 1.01 bits per heavy atom. The van der Waals surface area contributed by atoms with Gasteiger partial charge in [0.2, 0.25) is 59.1 Å². The van der Waals surface area contributed by atoms with Crippen LogP contribution in [0.15, 0.2) is 54.6 Å². The molecule has 0 aliphatic rings. The third kappa shape index (κ3) is 27.5. The minimum Gasteiger partial charge on any atom is -0.481 e. The lowest BCUT2D eigenvalue weighted by Crippen LogP contribution is -2.61. The predicted molar refractivity (Wildman–Crippen MR) is 292 cm³/mol. The van der Waals surface area contributed by atoms with E-state index in [4.69, 9.17) is 28.7 Å². The number of carboxylic acids is 2. The lowest BCUT2D eigenvalue weighted by Gasteiger charge is -2.28. The van der Waals surface area contributed by atoms with Gasteiger partial charge in [-0.3, -0.25) is 62.6 Å². The van der Waals surface area contributed by atoms with E-state index in [-0.39, 0.29) is 24.2 Å². The van der Waals surface area contributed by atoms with Gasteiger partial charge in [-0.05, 0) is 68.3 Å². The first-order valence-electron chi connectivity index (χ1n) is 25.7. The SMILES string of the molecule is CC(C)[C@H](NC(=O)[C@H](C)NC(=O)[C@@H](N)CCCNC(N)N)C(=O)N[C@@H](CCC(=O)O)C(=O)N[C@@H](CC(N)=O)C(=O)N[C@@H](CCC(N)=O)C(=O)N[C@@H](Cc1ccc(O[P+](O)(O)O)cc1)C(=O)N[C@@H](CO)C(=O)N[C@@H](Cc1ccccc1)C(=O)O. The van der Waals surface area contributed by atoms with Gasteiger partial charge in [-0.2, -0.15) is 14.7 Å². The maximum absolute atomic E-state index is 14.2. The summed E-state index contributed by atoms with van der Waals surface area (Å²) in [6.45, 7) is 3.55. The van der Waals surface area contributed by atoms with Crippen LogP contribution in [0.2, 0.25) is 0 Å². The molecule has 2 aromatic rings. The highest BCUT2D eigenvalue weighted by atomic mass is 31.2. The molecule has 33 nitrogen and oxygen atoms in total. The summed E-state index contributed by atoms with van der Waals surface area (Å²) >= 11 is 0. The molecule has 10 amide bonds. The van der Waals surface area contributed by atoms with E-state index in [1.54, 1.807) is 30.3 Å². The van der Waals surface area contributed by atoms with Crippen molar-refractivity contribution in [1.29, 1.82) is 0 Å². The normalized spacial score (nSPS) is 14.6. The molecular formula is C49H76N14O19P+. The number of aliphatic carboxylic acids is 2. The Hall–Kier alpha value is -8.01. The Bertz CT molecular complexity index is 2560.